The molecule has 0 amide bonds. The van der Waals surface area contributed by atoms with E-state index in [9.17, 15) is 0 Å². The lowest BCUT2D eigenvalue weighted by Gasteiger charge is -2.02. The van der Waals surface area contributed by atoms with E-state index in [1.54, 1.807) is 19.5 Å². The van der Waals surface area contributed by atoms with Crippen LogP contribution in [-0.4, -0.2) is 21.5 Å². The molecule has 0 aliphatic heterocycles. The number of aromatic nitrogens is 3. The lowest BCUT2D eigenvalue weighted by atomic mass is 10.2. The molecule has 0 radical (unpaired) electrons. The van der Waals surface area contributed by atoms with Gasteiger partial charge in [-0.15, -0.1) is 0 Å². The molecular weight excluding hydrogens is 222 g/mol. The minimum absolute atomic E-state index is 0.254. The van der Waals surface area contributed by atoms with Gasteiger partial charge in [0.15, 0.2) is 0 Å². The van der Waals surface area contributed by atoms with E-state index in [4.69, 9.17) is 16.3 Å². The molecule has 2 heterocycles. The van der Waals surface area contributed by atoms with Crippen LogP contribution in [0.15, 0.2) is 18.5 Å². The molecule has 0 fully saturated rings. The maximum Gasteiger partial charge on any atom is 0.234 e. The fraction of sp³-hybridized carbons (Fsp3) is 0.125. The Labute approximate surface area is 89.7 Å². The molecule has 6 heteroatoms. The largest absolute Gasteiger partial charge is 0.494 e. The summed E-state index contributed by atoms with van der Waals surface area (Å²) < 4.78 is 9.03. The van der Waals surface area contributed by atoms with Gasteiger partial charge in [0.25, 0.3) is 0 Å². The van der Waals surface area contributed by atoms with Gasteiger partial charge < -0.3 is 4.74 Å². The van der Waals surface area contributed by atoms with Crippen molar-refractivity contribution < 1.29 is 4.74 Å². The highest BCUT2D eigenvalue weighted by Gasteiger charge is 2.09. The van der Waals surface area contributed by atoms with Gasteiger partial charge in [-0.25, -0.2) is 4.98 Å². The first-order chi connectivity index (χ1) is 6.81. The molecular formula is C8H6ClN3OS. The van der Waals surface area contributed by atoms with Crippen molar-refractivity contribution in [3.63, 3.8) is 0 Å². The molecule has 0 aliphatic rings. The molecule has 0 aliphatic carbocycles. The van der Waals surface area contributed by atoms with Crippen LogP contribution in [0.2, 0.25) is 5.28 Å². The Balaban J connectivity index is 2.50. The summed E-state index contributed by atoms with van der Waals surface area (Å²) in [5.74, 6) is 0.667. The quantitative estimate of drug-likeness (QED) is 0.790. The molecule has 0 saturated heterocycles. The second-order valence-electron chi connectivity index (χ2n) is 2.44. The monoisotopic (exact) mass is 227 g/mol. The average molecular weight is 228 g/mol. The van der Waals surface area contributed by atoms with Crippen LogP contribution in [0.3, 0.4) is 0 Å². The normalized spacial score (nSPS) is 10.1. The van der Waals surface area contributed by atoms with Crippen LogP contribution >= 0.6 is 23.1 Å². The van der Waals surface area contributed by atoms with Crippen molar-refractivity contribution in [2.75, 3.05) is 7.11 Å². The van der Waals surface area contributed by atoms with E-state index in [0.29, 0.717) is 5.75 Å². The van der Waals surface area contributed by atoms with Gasteiger partial charge in [-0.1, -0.05) is 0 Å². The minimum atomic E-state index is 0.254. The van der Waals surface area contributed by atoms with Crippen LogP contribution in [0.5, 0.6) is 5.75 Å². The molecule has 2 aromatic rings. The first-order valence-electron chi connectivity index (χ1n) is 3.79. The highest BCUT2D eigenvalue weighted by Crippen LogP contribution is 2.30. The summed E-state index contributed by atoms with van der Waals surface area (Å²) in [7, 11) is 1.59. The van der Waals surface area contributed by atoms with E-state index < -0.39 is 0 Å². The van der Waals surface area contributed by atoms with E-state index >= 15 is 0 Å². The van der Waals surface area contributed by atoms with E-state index in [2.05, 4.69) is 14.3 Å². The number of ether oxygens (including phenoxy) is 1. The van der Waals surface area contributed by atoms with Crippen LogP contribution in [0.1, 0.15) is 0 Å². The van der Waals surface area contributed by atoms with Crippen LogP contribution < -0.4 is 4.74 Å². The molecule has 14 heavy (non-hydrogen) atoms. The molecule has 0 saturated carbocycles. The van der Waals surface area contributed by atoms with Crippen molar-refractivity contribution in [2.45, 2.75) is 0 Å². The first-order valence-corrected chi connectivity index (χ1v) is 4.94. The highest BCUT2D eigenvalue weighted by atomic mass is 35.5. The number of hydrogen-bond acceptors (Lipinski definition) is 5. The summed E-state index contributed by atoms with van der Waals surface area (Å²) in [6.07, 6.45) is 3.30. The van der Waals surface area contributed by atoms with Gasteiger partial charge in [-0.3, -0.25) is 4.98 Å². The molecule has 0 N–H and O–H groups in total. The first kappa shape index (κ1) is 9.36. The average Bonchev–Trinajstić information content (AvgIpc) is 2.65. The summed E-state index contributed by atoms with van der Waals surface area (Å²) in [4.78, 5) is 8.00. The number of rotatable bonds is 2. The third-order valence-corrected chi connectivity index (χ3v) is 2.65. The predicted molar refractivity (Wildman–Crippen MR) is 54.7 cm³/mol. The van der Waals surface area contributed by atoms with Gasteiger partial charge in [0.05, 0.1) is 18.9 Å². The van der Waals surface area contributed by atoms with Gasteiger partial charge in [-0.05, 0) is 29.2 Å². The number of halogens is 1. The molecule has 72 valence electrons. The summed E-state index contributed by atoms with van der Waals surface area (Å²) in [5, 5.41) is 0.984. The van der Waals surface area contributed by atoms with Crippen molar-refractivity contribution in [1.82, 2.24) is 14.3 Å². The van der Waals surface area contributed by atoms with Crippen molar-refractivity contribution in [3.8, 4) is 16.3 Å². The van der Waals surface area contributed by atoms with E-state index in [1.807, 2.05) is 6.07 Å². The molecule has 0 atom stereocenters. The van der Waals surface area contributed by atoms with Gasteiger partial charge in [0.2, 0.25) is 5.28 Å². The van der Waals surface area contributed by atoms with Crippen molar-refractivity contribution in [1.29, 1.82) is 0 Å². The fourth-order valence-electron chi connectivity index (χ4n) is 1.03. The fourth-order valence-corrected chi connectivity index (χ4v) is 1.87. The van der Waals surface area contributed by atoms with Gasteiger partial charge >= 0.3 is 0 Å². The zero-order valence-electron chi connectivity index (χ0n) is 7.27. The number of methoxy groups -OCH3 is 1. The SMILES string of the molecule is COc1cnccc1-c1nc(Cl)ns1. The summed E-state index contributed by atoms with van der Waals surface area (Å²) in [5.41, 5.74) is 0.854. The minimum Gasteiger partial charge on any atom is -0.494 e. The van der Waals surface area contributed by atoms with E-state index in [-0.39, 0.29) is 5.28 Å². The second-order valence-corrected chi connectivity index (χ2v) is 3.53. The molecule has 2 rings (SSSR count). The third kappa shape index (κ3) is 1.69. The summed E-state index contributed by atoms with van der Waals surface area (Å²) in [6, 6.07) is 1.82. The van der Waals surface area contributed by atoms with Gasteiger partial charge in [0.1, 0.15) is 10.8 Å². The van der Waals surface area contributed by atoms with Crippen LogP contribution in [0, 0.1) is 0 Å². The molecule has 2 aromatic heterocycles. The van der Waals surface area contributed by atoms with Gasteiger partial charge in [0, 0.05) is 6.20 Å². The third-order valence-electron chi connectivity index (χ3n) is 1.64. The van der Waals surface area contributed by atoms with E-state index in [1.165, 1.54) is 11.5 Å². The molecule has 4 nitrogen and oxygen atoms in total. The topological polar surface area (TPSA) is 47.9 Å². The Kier molecular flexibility index (Phi) is 2.60. The zero-order valence-corrected chi connectivity index (χ0v) is 8.84. The Bertz CT molecular complexity index is 446. The Morgan fingerprint density at radius 2 is 2.36 bits per heavy atom. The molecule has 0 bridgehead atoms. The smallest absolute Gasteiger partial charge is 0.234 e. The maximum atomic E-state index is 5.64. The molecule has 0 unspecified atom stereocenters. The van der Waals surface area contributed by atoms with Crippen molar-refractivity contribution in [2.24, 2.45) is 0 Å². The summed E-state index contributed by atoms with van der Waals surface area (Å²) >= 11 is 6.87. The summed E-state index contributed by atoms with van der Waals surface area (Å²) in [6.45, 7) is 0. The van der Waals surface area contributed by atoms with Crippen molar-refractivity contribution in [3.05, 3.63) is 23.7 Å². The van der Waals surface area contributed by atoms with Crippen LogP contribution in [0.4, 0.5) is 0 Å². The Morgan fingerprint density at radius 1 is 1.50 bits per heavy atom. The second kappa shape index (κ2) is 3.89. The molecule has 0 spiro atoms. The molecule has 0 aromatic carbocycles. The van der Waals surface area contributed by atoms with Crippen LogP contribution in [-0.2, 0) is 0 Å². The number of hydrogen-bond donors (Lipinski definition) is 0. The van der Waals surface area contributed by atoms with Crippen LogP contribution in [0.25, 0.3) is 10.6 Å². The highest BCUT2D eigenvalue weighted by molar-refractivity contribution is 7.09. The Hall–Kier alpha value is -1.20. The standard InChI is InChI=1S/C8H6ClN3OS/c1-13-6-4-10-3-2-5(6)7-11-8(9)12-14-7/h2-4H,1H3. The number of pyridine rings is 1. The number of nitrogens with zero attached hydrogens (tertiary/aromatic N) is 3. The lowest BCUT2D eigenvalue weighted by Crippen LogP contribution is -1.88. The predicted octanol–water partition coefficient (Wildman–Crippen LogP) is 2.26. The zero-order chi connectivity index (χ0) is 9.97. The van der Waals surface area contributed by atoms with Crippen molar-refractivity contribution >= 4 is 23.1 Å². The van der Waals surface area contributed by atoms with E-state index in [0.717, 1.165) is 10.6 Å². The lowest BCUT2D eigenvalue weighted by molar-refractivity contribution is 0.414. The van der Waals surface area contributed by atoms with Gasteiger partial charge in [-0.2, -0.15) is 4.37 Å². The maximum absolute atomic E-state index is 5.64. The Morgan fingerprint density at radius 3 is 3.00 bits per heavy atom.